The van der Waals surface area contributed by atoms with E-state index in [9.17, 15) is 4.79 Å². The zero-order valence-corrected chi connectivity index (χ0v) is 24.5. The summed E-state index contributed by atoms with van der Waals surface area (Å²) in [7, 11) is 0. The van der Waals surface area contributed by atoms with Crippen molar-refractivity contribution in [3.8, 4) is 5.75 Å². The van der Waals surface area contributed by atoms with Gasteiger partial charge in [0.25, 0.3) is 0 Å². The number of fused-ring (bicyclic) bond motifs is 1. The molecule has 1 unspecified atom stereocenters. The number of aryl methyl sites for hydroxylation is 3. The molecule has 1 amide bonds. The molecule has 1 atom stereocenters. The first-order chi connectivity index (χ1) is 19.4. The van der Waals surface area contributed by atoms with E-state index in [0.29, 0.717) is 25.5 Å². The third-order valence-electron chi connectivity index (χ3n) is 8.07. The number of anilines is 1. The number of aromatic nitrogens is 2. The number of rotatable bonds is 12. The maximum Gasteiger partial charge on any atom is 0.227 e. The molecule has 0 spiro atoms. The Bertz CT molecular complexity index is 1440. The zero-order chi connectivity index (χ0) is 28.1. The Labute approximate surface area is 239 Å². The Balaban J connectivity index is 1.26. The van der Waals surface area contributed by atoms with Crippen LogP contribution >= 0.6 is 0 Å². The topological polar surface area (TPSA) is 47.4 Å². The molecule has 210 valence electrons. The standard InChI is InChI=1S/C35H43N3O2/c1-5-6-11-27-15-17-29(18-16-27)38-24-28(23-34(38)39)35-36-31-12-7-8-13-32(31)37(35)20-9-10-21-40-33-22-26(4)14-19-30(33)25(2)3/h7-8,12-19,22,25,28H,5-6,9-11,20-21,23-24H2,1-4H3. The molecule has 0 radical (unpaired) electrons. The lowest BCUT2D eigenvalue weighted by Crippen LogP contribution is -2.24. The van der Waals surface area contributed by atoms with Crippen molar-refractivity contribution in [1.82, 2.24) is 9.55 Å². The molecule has 1 fully saturated rings. The third kappa shape index (κ3) is 6.24. The van der Waals surface area contributed by atoms with Crippen LogP contribution < -0.4 is 9.64 Å². The lowest BCUT2D eigenvalue weighted by Gasteiger charge is -2.18. The Hall–Kier alpha value is -3.60. The van der Waals surface area contributed by atoms with E-state index in [1.54, 1.807) is 0 Å². The molecule has 2 heterocycles. The molecular formula is C35H43N3O2. The fraction of sp³-hybridized carbons (Fsp3) is 0.429. The molecule has 5 rings (SSSR count). The van der Waals surface area contributed by atoms with Gasteiger partial charge in [0.1, 0.15) is 11.6 Å². The summed E-state index contributed by atoms with van der Waals surface area (Å²) in [4.78, 5) is 20.1. The van der Waals surface area contributed by atoms with E-state index in [1.165, 1.54) is 29.5 Å². The van der Waals surface area contributed by atoms with Crippen LogP contribution in [0, 0.1) is 6.92 Å². The molecule has 3 aromatic carbocycles. The molecule has 5 nitrogen and oxygen atoms in total. The van der Waals surface area contributed by atoms with Crippen LogP contribution in [0.4, 0.5) is 5.69 Å². The van der Waals surface area contributed by atoms with Gasteiger partial charge in [-0.2, -0.15) is 0 Å². The predicted octanol–water partition coefficient (Wildman–Crippen LogP) is 8.19. The molecule has 1 aliphatic rings. The number of hydrogen-bond donors (Lipinski definition) is 0. The van der Waals surface area contributed by atoms with E-state index in [-0.39, 0.29) is 11.8 Å². The number of ether oxygens (including phenoxy) is 1. The number of unbranched alkanes of at least 4 members (excludes halogenated alkanes) is 2. The van der Waals surface area contributed by atoms with Crippen LogP contribution in [-0.2, 0) is 17.8 Å². The van der Waals surface area contributed by atoms with Gasteiger partial charge in [-0.05, 0) is 85.5 Å². The normalized spacial score (nSPS) is 15.5. The number of amides is 1. The maximum atomic E-state index is 13.1. The second kappa shape index (κ2) is 12.7. The highest BCUT2D eigenvalue weighted by molar-refractivity contribution is 5.96. The van der Waals surface area contributed by atoms with E-state index < -0.39 is 0 Å². The van der Waals surface area contributed by atoms with Gasteiger partial charge in [0.15, 0.2) is 0 Å². The van der Waals surface area contributed by atoms with Crippen molar-refractivity contribution >= 4 is 22.6 Å². The van der Waals surface area contributed by atoms with Crippen molar-refractivity contribution in [2.24, 2.45) is 0 Å². The summed E-state index contributed by atoms with van der Waals surface area (Å²) in [6, 6.07) is 23.4. The molecule has 0 bridgehead atoms. The van der Waals surface area contributed by atoms with Crippen molar-refractivity contribution in [2.75, 3.05) is 18.1 Å². The van der Waals surface area contributed by atoms with Crippen molar-refractivity contribution in [3.63, 3.8) is 0 Å². The summed E-state index contributed by atoms with van der Waals surface area (Å²) in [5.74, 6) is 2.72. The minimum absolute atomic E-state index is 0.0804. The molecule has 4 aromatic rings. The average molecular weight is 538 g/mol. The highest BCUT2D eigenvalue weighted by Gasteiger charge is 2.34. The Morgan fingerprint density at radius 2 is 1.80 bits per heavy atom. The van der Waals surface area contributed by atoms with Gasteiger partial charge in [-0.15, -0.1) is 0 Å². The smallest absolute Gasteiger partial charge is 0.227 e. The number of carbonyl (C=O) groups is 1. The minimum Gasteiger partial charge on any atom is -0.493 e. The van der Waals surface area contributed by atoms with Crippen LogP contribution in [0.2, 0.25) is 0 Å². The maximum absolute atomic E-state index is 13.1. The van der Waals surface area contributed by atoms with Crippen molar-refractivity contribution < 1.29 is 9.53 Å². The Morgan fingerprint density at radius 1 is 1.00 bits per heavy atom. The molecule has 1 aliphatic heterocycles. The summed E-state index contributed by atoms with van der Waals surface area (Å²) < 4.78 is 8.59. The van der Waals surface area contributed by atoms with Crippen molar-refractivity contribution in [2.45, 2.75) is 84.6 Å². The van der Waals surface area contributed by atoms with Gasteiger partial charge in [-0.3, -0.25) is 4.79 Å². The summed E-state index contributed by atoms with van der Waals surface area (Å²) in [6.07, 6.45) is 5.91. The van der Waals surface area contributed by atoms with Crippen LogP contribution in [-0.4, -0.2) is 28.6 Å². The van der Waals surface area contributed by atoms with Crippen molar-refractivity contribution in [3.05, 3.63) is 89.2 Å². The lowest BCUT2D eigenvalue weighted by atomic mass is 10.0. The van der Waals surface area contributed by atoms with Gasteiger partial charge in [-0.25, -0.2) is 4.98 Å². The monoisotopic (exact) mass is 537 g/mol. The minimum atomic E-state index is 0.0804. The van der Waals surface area contributed by atoms with E-state index in [2.05, 4.69) is 92.9 Å². The van der Waals surface area contributed by atoms with Crippen LogP contribution in [0.5, 0.6) is 5.75 Å². The molecule has 0 N–H and O–H groups in total. The van der Waals surface area contributed by atoms with Gasteiger partial charge < -0.3 is 14.2 Å². The molecule has 1 aromatic heterocycles. The number of hydrogen-bond acceptors (Lipinski definition) is 3. The van der Waals surface area contributed by atoms with E-state index in [1.807, 2.05) is 11.0 Å². The third-order valence-corrected chi connectivity index (χ3v) is 8.07. The van der Waals surface area contributed by atoms with E-state index >= 15 is 0 Å². The highest BCUT2D eigenvalue weighted by atomic mass is 16.5. The SMILES string of the molecule is CCCCc1ccc(N2CC(c3nc4ccccc4n3CCCCOc3cc(C)ccc3C(C)C)CC2=O)cc1. The predicted molar refractivity (Wildman–Crippen MR) is 164 cm³/mol. The number of nitrogens with zero attached hydrogens (tertiary/aromatic N) is 3. The van der Waals surface area contributed by atoms with Gasteiger partial charge >= 0.3 is 0 Å². The number of benzene rings is 3. The molecule has 5 heteroatoms. The second-order valence-electron chi connectivity index (χ2n) is 11.5. The second-order valence-corrected chi connectivity index (χ2v) is 11.5. The number of para-hydroxylation sites is 2. The Kier molecular flexibility index (Phi) is 8.88. The molecule has 0 aliphatic carbocycles. The van der Waals surface area contributed by atoms with Gasteiger partial charge in [0.2, 0.25) is 5.91 Å². The largest absolute Gasteiger partial charge is 0.493 e. The van der Waals surface area contributed by atoms with Gasteiger partial charge in [0, 0.05) is 31.1 Å². The van der Waals surface area contributed by atoms with Crippen LogP contribution in [0.1, 0.15) is 87.2 Å². The highest BCUT2D eigenvalue weighted by Crippen LogP contribution is 2.34. The van der Waals surface area contributed by atoms with E-state index in [0.717, 1.165) is 54.1 Å². The molecular weight excluding hydrogens is 494 g/mol. The summed E-state index contributed by atoms with van der Waals surface area (Å²) in [5.41, 5.74) is 6.96. The van der Waals surface area contributed by atoms with Crippen LogP contribution in [0.3, 0.4) is 0 Å². The van der Waals surface area contributed by atoms with Gasteiger partial charge in [0.05, 0.1) is 17.6 Å². The average Bonchev–Trinajstić information content (AvgIpc) is 3.52. The van der Waals surface area contributed by atoms with E-state index in [4.69, 9.17) is 9.72 Å². The summed E-state index contributed by atoms with van der Waals surface area (Å²) >= 11 is 0. The quantitative estimate of drug-likeness (QED) is 0.171. The van der Waals surface area contributed by atoms with Gasteiger partial charge in [-0.1, -0.05) is 63.6 Å². The molecule has 1 saturated heterocycles. The molecule has 0 saturated carbocycles. The molecule has 40 heavy (non-hydrogen) atoms. The first-order valence-corrected chi connectivity index (χ1v) is 15.0. The van der Waals surface area contributed by atoms with Crippen LogP contribution in [0.15, 0.2) is 66.7 Å². The first kappa shape index (κ1) is 27.9. The Morgan fingerprint density at radius 3 is 2.58 bits per heavy atom. The zero-order valence-electron chi connectivity index (χ0n) is 24.5. The van der Waals surface area contributed by atoms with Crippen LogP contribution in [0.25, 0.3) is 11.0 Å². The first-order valence-electron chi connectivity index (χ1n) is 15.0. The fourth-order valence-electron chi connectivity index (χ4n) is 5.79. The fourth-order valence-corrected chi connectivity index (χ4v) is 5.79. The van der Waals surface area contributed by atoms with Crippen molar-refractivity contribution in [1.29, 1.82) is 0 Å². The summed E-state index contributed by atoms with van der Waals surface area (Å²) in [6.45, 7) is 11.0. The lowest BCUT2D eigenvalue weighted by molar-refractivity contribution is -0.117. The number of carbonyl (C=O) groups excluding carboxylic acids is 1. The summed E-state index contributed by atoms with van der Waals surface area (Å²) in [5, 5.41) is 0. The number of imidazole rings is 1.